The average molecular weight is 316 g/mol. The Morgan fingerprint density at radius 3 is 2.54 bits per heavy atom. The molecule has 24 heavy (non-hydrogen) atoms. The number of anilines is 2. The van der Waals surface area contributed by atoms with Crippen molar-refractivity contribution in [2.24, 2.45) is 0 Å². The molecule has 0 bridgehead atoms. The maximum atomic E-state index is 5.89. The zero-order valence-corrected chi connectivity index (χ0v) is 13.2. The fourth-order valence-corrected chi connectivity index (χ4v) is 2.53. The monoisotopic (exact) mass is 316 g/mol. The lowest BCUT2D eigenvalue weighted by Crippen LogP contribution is -1.97. The van der Waals surface area contributed by atoms with Gasteiger partial charge in [-0.3, -0.25) is 5.10 Å². The molecule has 118 valence electrons. The molecule has 0 aliphatic rings. The molecule has 0 aliphatic heterocycles. The van der Waals surface area contributed by atoms with Crippen molar-refractivity contribution in [3.8, 4) is 11.6 Å². The van der Waals surface area contributed by atoms with Crippen LogP contribution in [0.15, 0.2) is 66.7 Å². The molecular weight excluding hydrogens is 300 g/mol. The fraction of sp³-hybridized carbons (Fsp3) is 0.0526. The number of hydrogen-bond acceptors (Lipinski definition) is 4. The Morgan fingerprint density at radius 1 is 0.958 bits per heavy atom. The number of nitrogens with one attached hydrogen (secondary N) is 2. The van der Waals surface area contributed by atoms with Gasteiger partial charge in [-0.2, -0.15) is 10.1 Å². The summed E-state index contributed by atoms with van der Waals surface area (Å²) >= 11 is 0. The lowest BCUT2D eigenvalue weighted by molar-refractivity contribution is 0.465. The van der Waals surface area contributed by atoms with E-state index < -0.39 is 0 Å². The first-order valence-corrected chi connectivity index (χ1v) is 7.70. The van der Waals surface area contributed by atoms with E-state index in [0.717, 1.165) is 28.0 Å². The maximum absolute atomic E-state index is 5.89. The summed E-state index contributed by atoms with van der Waals surface area (Å²) < 4.78 is 5.89. The van der Waals surface area contributed by atoms with E-state index in [4.69, 9.17) is 4.74 Å². The van der Waals surface area contributed by atoms with Gasteiger partial charge < -0.3 is 10.1 Å². The Labute approximate surface area is 139 Å². The van der Waals surface area contributed by atoms with E-state index in [9.17, 15) is 0 Å². The van der Waals surface area contributed by atoms with E-state index in [1.54, 1.807) is 0 Å². The van der Waals surface area contributed by atoms with Crippen molar-refractivity contribution >= 4 is 22.4 Å². The molecule has 5 heteroatoms. The van der Waals surface area contributed by atoms with E-state index in [1.165, 1.54) is 0 Å². The number of fused-ring (bicyclic) bond motifs is 1. The number of ether oxygens (including phenoxy) is 1. The number of para-hydroxylation sites is 1. The maximum Gasteiger partial charge on any atom is 0.221 e. The van der Waals surface area contributed by atoms with Crippen LogP contribution in [0.4, 0.5) is 11.6 Å². The third-order valence-corrected chi connectivity index (χ3v) is 3.63. The summed E-state index contributed by atoms with van der Waals surface area (Å²) in [6.07, 6.45) is 0. The third kappa shape index (κ3) is 2.92. The number of aromatic nitrogens is 3. The molecule has 0 saturated heterocycles. The van der Waals surface area contributed by atoms with Crippen molar-refractivity contribution in [2.45, 2.75) is 6.92 Å². The van der Waals surface area contributed by atoms with Gasteiger partial charge in [-0.25, -0.2) is 0 Å². The van der Waals surface area contributed by atoms with Gasteiger partial charge in [0, 0.05) is 23.2 Å². The van der Waals surface area contributed by atoms with Gasteiger partial charge in [0.05, 0.1) is 0 Å². The number of nitrogens with zero attached hydrogens (tertiary/aromatic N) is 2. The number of aryl methyl sites for hydroxylation is 1. The third-order valence-electron chi connectivity index (χ3n) is 3.63. The van der Waals surface area contributed by atoms with Crippen molar-refractivity contribution in [3.63, 3.8) is 0 Å². The van der Waals surface area contributed by atoms with Crippen molar-refractivity contribution in [1.29, 1.82) is 0 Å². The van der Waals surface area contributed by atoms with Crippen LogP contribution in [0, 0.1) is 6.92 Å². The Hall–Kier alpha value is -3.34. The number of pyridine rings is 1. The van der Waals surface area contributed by atoms with Crippen LogP contribution < -0.4 is 10.1 Å². The highest BCUT2D eigenvalue weighted by Crippen LogP contribution is 2.30. The summed E-state index contributed by atoms with van der Waals surface area (Å²) in [6.45, 7) is 1.96. The van der Waals surface area contributed by atoms with E-state index in [0.29, 0.717) is 11.7 Å². The predicted molar refractivity (Wildman–Crippen MR) is 94.9 cm³/mol. The predicted octanol–water partition coefficient (Wildman–Crippen LogP) is 4.80. The zero-order chi connectivity index (χ0) is 16.4. The van der Waals surface area contributed by atoms with Gasteiger partial charge in [0.25, 0.3) is 0 Å². The molecule has 0 spiro atoms. The molecule has 0 aliphatic carbocycles. The molecule has 4 rings (SSSR count). The number of H-pyrrole nitrogens is 1. The second-order valence-electron chi connectivity index (χ2n) is 5.51. The number of aromatic amines is 1. The highest BCUT2D eigenvalue weighted by Gasteiger charge is 2.09. The van der Waals surface area contributed by atoms with E-state index in [2.05, 4.69) is 20.5 Å². The normalized spacial score (nSPS) is 10.7. The van der Waals surface area contributed by atoms with Crippen molar-refractivity contribution in [2.75, 3.05) is 5.32 Å². The first kappa shape index (κ1) is 14.3. The molecule has 0 amide bonds. The van der Waals surface area contributed by atoms with Crippen LogP contribution >= 0.6 is 0 Å². The molecule has 0 saturated carbocycles. The molecule has 5 nitrogen and oxygen atoms in total. The number of rotatable bonds is 4. The standard InChI is InChI=1S/C19H16N4O/c1-13-11-17(23-22-13)20-19-16-10-6-5-7-14(16)12-18(21-19)24-15-8-3-2-4-9-15/h2-12H,1H3,(H2,20,21,22,23). The summed E-state index contributed by atoms with van der Waals surface area (Å²) in [4.78, 5) is 4.61. The second kappa shape index (κ2) is 6.04. The molecule has 0 atom stereocenters. The molecule has 0 fully saturated rings. The van der Waals surface area contributed by atoms with Crippen LogP contribution in [-0.4, -0.2) is 15.2 Å². The van der Waals surface area contributed by atoms with Crippen LogP contribution in [0.2, 0.25) is 0 Å². The van der Waals surface area contributed by atoms with Crippen LogP contribution in [0.1, 0.15) is 5.69 Å². The molecule has 2 heterocycles. The van der Waals surface area contributed by atoms with Crippen molar-refractivity contribution in [3.05, 3.63) is 72.4 Å². The quantitative estimate of drug-likeness (QED) is 0.567. The highest BCUT2D eigenvalue weighted by atomic mass is 16.5. The van der Waals surface area contributed by atoms with Crippen molar-refractivity contribution in [1.82, 2.24) is 15.2 Å². The summed E-state index contributed by atoms with van der Waals surface area (Å²) in [5, 5.41) is 12.5. The van der Waals surface area contributed by atoms with Gasteiger partial charge in [-0.15, -0.1) is 0 Å². The van der Waals surface area contributed by atoms with E-state index in [-0.39, 0.29) is 0 Å². The van der Waals surface area contributed by atoms with Crippen LogP contribution in [0.5, 0.6) is 11.6 Å². The van der Waals surface area contributed by atoms with Gasteiger partial charge in [0.2, 0.25) is 5.88 Å². The molecule has 0 radical (unpaired) electrons. The summed E-state index contributed by atoms with van der Waals surface area (Å²) in [5.74, 6) is 2.73. The lowest BCUT2D eigenvalue weighted by Gasteiger charge is -2.10. The van der Waals surface area contributed by atoms with Gasteiger partial charge in [-0.05, 0) is 24.4 Å². The molecular formula is C19H16N4O. The first-order chi connectivity index (χ1) is 11.8. The molecule has 0 unspecified atom stereocenters. The largest absolute Gasteiger partial charge is 0.439 e. The average Bonchev–Trinajstić information content (AvgIpc) is 3.01. The Balaban J connectivity index is 1.75. The summed E-state index contributed by atoms with van der Waals surface area (Å²) in [6, 6.07) is 21.5. The van der Waals surface area contributed by atoms with Gasteiger partial charge >= 0.3 is 0 Å². The highest BCUT2D eigenvalue weighted by molar-refractivity contribution is 5.93. The van der Waals surface area contributed by atoms with Gasteiger partial charge in [0.1, 0.15) is 11.6 Å². The minimum atomic E-state index is 0.537. The Kier molecular flexibility index (Phi) is 3.59. The zero-order valence-electron chi connectivity index (χ0n) is 13.2. The van der Waals surface area contributed by atoms with Crippen LogP contribution in [0.25, 0.3) is 10.8 Å². The minimum absolute atomic E-state index is 0.537. The molecule has 2 N–H and O–H groups in total. The lowest BCUT2D eigenvalue weighted by atomic mass is 10.1. The Bertz CT molecular complexity index is 979. The van der Waals surface area contributed by atoms with Crippen molar-refractivity contribution < 1.29 is 4.74 Å². The van der Waals surface area contributed by atoms with Crippen LogP contribution in [0.3, 0.4) is 0 Å². The smallest absolute Gasteiger partial charge is 0.221 e. The second-order valence-corrected chi connectivity index (χ2v) is 5.51. The van der Waals surface area contributed by atoms with E-state index in [1.807, 2.05) is 73.7 Å². The van der Waals surface area contributed by atoms with Crippen LogP contribution in [-0.2, 0) is 0 Å². The summed E-state index contributed by atoms with van der Waals surface area (Å²) in [5.41, 5.74) is 0.985. The first-order valence-electron chi connectivity index (χ1n) is 7.70. The van der Waals surface area contributed by atoms with Gasteiger partial charge in [0.15, 0.2) is 5.82 Å². The number of hydrogen-bond donors (Lipinski definition) is 2. The molecule has 2 aromatic heterocycles. The summed E-state index contributed by atoms with van der Waals surface area (Å²) in [7, 11) is 0. The Morgan fingerprint density at radius 2 is 1.75 bits per heavy atom. The van der Waals surface area contributed by atoms with Gasteiger partial charge in [-0.1, -0.05) is 42.5 Å². The minimum Gasteiger partial charge on any atom is -0.439 e. The fourth-order valence-electron chi connectivity index (χ4n) is 2.53. The molecule has 2 aromatic carbocycles. The number of benzene rings is 2. The topological polar surface area (TPSA) is 62.8 Å². The molecule has 4 aromatic rings. The van der Waals surface area contributed by atoms with E-state index >= 15 is 0 Å². The SMILES string of the molecule is Cc1cc(Nc2nc(Oc3ccccc3)cc3ccccc23)n[nH]1.